The Bertz CT molecular complexity index is 1180. The maximum absolute atomic E-state index is 12.7. The van der Waals surface area contributed by atoms with E-state index in [1.807, 2.05) is 43.3 Å². The van der Waals surface area contributed by atoms with Crippen LogP contribution in [0.25, 0.3) is 22.2 Å². The second-order valence-electron chi connectivity index (χ2n) is 6.71. The van der Waals surface area contributed by atoms with E-state index in [-0.39, 0.29) is 11.0 Å². The van der Waals surface area contributed by atoms with Crippen molar-refractivity contribution >= 4 is 21.9 Å². The fourth-order valence-corrected chi connectivity index (χ4v) is 3.93. The molecule has 0 saturated heterocycles. The first kappa shape index (κ1) is 19.4. The molecule has 29 heavy (non-hydrogen) atoms. The van der Waals surface area contributed by atoms with Gasteiger partial charge in [-0.3, -0.25) is 0 Å². The highest BCUT2D eigenvalue weighted by molar-refractivity contribution is 7.84. The third-order valence-electron chi connectivity index (χ3n) is 4.53. The Morgan fingerprint density at radius 3 is 2.24 bits per heavy atom. The summed E-state index contributed by atoms with van der Waals surface area (Å²) in [7, 11) is -1.61. The summed E-state index contributed by atoms with van der Waals surface area (Å²) >= 11 is 0. The Hall–Kier alpha value is -2.93. The van der Waals surface area contributed by atoms with Crippen LogP contribution in [-0.4, -0.2) is 9.19 Å². The molecule has 0 fully saturated rings. The van der Waals surface area contributed by atoms with Crippen molar-refractivity contribution in [3.63, 3.8) is 0 Å². The average molecular weight is 415 g/mol. The van der Waals surface area contributed by atoms with Crippen LogP contribution in [0.1, 0.15) is 16.7 Å². The van der Waals surface area contributed by atoms with Crippen LogP contribution < -0.4 is 0 Å². The minimum atomic E-state index is -4.40. The normalized spacial score (nSPS) is 13.0. The Kier molecular flexibility index (Phi) is 5.00. The number of halogens is 3. The molecule has 1 heterocycles. The van der Waals surface area contributed by atoms with Gasteiger partial charge in [0.15, 0.2) is 5.58 Å². The number of nitrogens with zero attached hydrogens (tertiary/aromatic N) is 1. The van der Waals surface area contributed by atoms with Gasteiger partial charge in [0.2, 0.25) is 0 Å². The SMILES string of the molecule is Cc1ccc(-c2ccc3oc(S(=O)Cc4ccc(C(F)(F)F)cc4)nc3c2)cc1. The van der Waals surface area contributed by atoms with E-state index in [9.17, 15) is 17.4 Å². The molecular formula is C22H16F3NO2S. The second-order valence-corrected chi connectivity index (χ2v) is 8.04. The second kappa shape index (κ2) is 7.48. The number of alkyl halides is 3. The smallest absolute Gasteiger partial charge is 0.416 e. The summed E-state index contributed by atoms with van der Waals surface area (Å²) in [4.78, 5) is 4.32. The summed E-state index contributed by atoms with van der Waals surface area (Å²) in [5, 5.41) is 0.0564. The average Bonchev–Trinajstić information content (AvgIpc) is 3.12. The minimum absolute atomic E-state index is 0.0236. The Balaban J connectivity index is 1.56. The van der Waals surface area contributed by atoms with Crippen molar-refractivity contribution in [2.45, 2.75) is 24.1 Å². The zero-order chi connectivity index (χ0) is 20.6. The molecule has 0 N–H and O–H groups in total. The molecule has 148 valence electrons. The van der Waals surface area contributed by atoms with E-state index >= 15 is 0 Å². The summed E-state index contributed by atoms with van der Waals surface area (Å²) < 4.78 is 56.2. The maximum atomic E-state index is 12.7. The minimum Gasteiger partial charge on any atom is -0.430 e. The lowest BCUT2D eigenvalue weighted by atomic mass is 10.0. The first-order chi connectivity index (χ1) is 13.8. The van der Waals surface area contributed by atoms with Gasteiger partial charge in [-0.05, 0) is 47.9 Å². The number of aryl methyl sites for hydroxylation is 1. The summed E-state index contributed by atoms with van der Waals surface area (Å²) in [6.45, 7) is 2.02. The van der Waals surface area contributed by atoms with Crippen molar-refractivity contribution in [2.75, 3.05) is 0 Å². The standard InChI is InChI=1S/C22H16F3NO2S/c1-14-2-6-16(7-3-14)17-8-11-20-19(12-17)26-21(28-20)29(27)13-15-4-9-18(10-5-15)22(23,24)25/h2-12H,13H2,1H3. The molecule has 0 saturated carbocycles. The number of hydrogen-bond donors (Lipinski definition) is 0. The molecule has 3 aromatic carbocycles. The molecule has 0 amide bonds. The number of benzene rings is 3. The predicted octanol–water partition coefficient (Wildman–Crippen LogP) is 6.13. The lowest BCUT2D eigenvalue weighted by molar-refractivity contribution is -0.137. The van der Waals surface area contributed by atoms with E-state index in [0.717, 1.165) is 28.8 Å². The van der Waals surface area contributed by atoms with Gasteiger partial charge >= 0.3 is 6.18 Å². The Labute approximate surface area is 167 Å². The van der Waals surface area contributed by atoms with Crippen molar-refractivity contribution < 1.29 is 21.8 Å². The molecule has 0 bridgehead atoms. The van der Waals surface area contributed by atoms with Gasteiger partial charge in [-0.1, -0.05) is 48.0 Å². The Morgan fingerprint density at radius 2 is 1.59 bits per heavy atom. The highest BCUT2D eigenvalue weighted by Gasteiger charge is 2.30. The monoisotopic (exact) mass is 415 g/mol. The van der Waals surface area contributed by atoms with Gasteiger partial charge in [-0.15, -0.1) is 0 Å². The summed E-state index contributed by atoms with van der Waals surface area (Å²) in [5.41, 5.74) is 4.03. The van der Waals surface area contributed by atoms with Gasteiger partial charge < -0.3 is 4.42 Å². The molecule has 0 aliphatic heterocycles. The van der Waals surface area contributed by atoms with E-state index in [1.54, 1.807) is 6.07 Å². The molecule has 1 atom stereocenters. The highest BCUT2D eigenvalue weighted by Crippen LogP contribution is 2.30. The fraction of sp³-hybridized carbons (Fsp3) is 0.136. The van der Waals surface area contributed by atoms with Gasteiger partial charge in [0, 0.05) is 0 Å². The molecule has 0 radical (unpaired) electrons. The first-order valence-corrected chi connectivity index (χ1v) is 10.1. The van der Waals surface area contributed by atoms with Crippen LogP contribution in [0.2, 0.25) is 0 Å². The van der Waals surface area contributed by atoms with Gasteiger partial charge in [0.1, 0.15) is 16.3 Å². The van der Waals surface area contributed by atoms with Crippen LogP contribution in [0.3, 0.4) is 0 Å². The fourth-order valence-electron chi connectivity index (χ4n) is 2.93. The van der Waals surface area contributed by atoms with Crippen molar-refractivity contribution in [3.8, 4) is 11.1 Å². The summed E-state index contributed by atoms with van der Waals surface area (Å²) in [5.74, 6) is 0.0236. The molecule has 3 nitrogen and oxygen atoms in total. The van der Waals surface area contributed by atoms with Crippen molar-refractivity contribution in [1.29, 1.82) is 0 Å². The van der Waals surface area contributed by atoms with Crippen LogP contribution >= 0.6 is 0 Å². The van der Waals surface area contributed by atoms with E-state index in [0.29, 0.717) is 16.7 Å². The van der Waals surface area contributed by atoms with Gasteiger partial charge in [0.25, 0.3) is 5.22 Å². The van der Waals surface area contributed by atoms with Gasteiger partial charge in [0.05, 0.1) is 11.3 Å². The van der Waals surface area contributed by atoms with E-state index in [1.165, 1.54) is 12.1 Å². The lowest BCUT2D eigenvalue weighted by Crippen LogP contribution is -2.05. The number of oxazole rings is 1. The zero-order valence-corrected chi connectivity index (χ0v) is 16.2. The van der Waals surface area contributed by atoms with Crippen LogP contribution in [0.5, 0.6) is 0 Å². The summed E-state index contributed by atoms with van der Waals surface area (Å²) in [6, 6.07) is 18.2. The van der Waals surface area contributed by atoms with Gasteiger partial charge in [-0.25, -0.2) is 9.19 Å². The number of hydrogen-bond acceptors (Lipinski definition) is 3. The van der Waals surface area contributed by atoms with Gasteiger partial charge in [-0.2, -0.15) is 13.2 Å². The van der Waals surface area contributed by atoms with Crippen molar-refractivity contribution in [3.05, 3.63) is 83.4 Å². The van der Waals surface area contributed by atoms with Crippen molar-refractivity contribution in [2.24, 2.45) is 0 Å². The summed E-state index contributed by atoms with van der Waals surface area (Å²) in [6.07, 6.45) is -4.40. The lowest BCUT2D eigenvalue weighted by Gasteiger charge is -2.06. The Morgan fingerprint density at radius 1 is 0.931 bits per heavy atom. The molecule has 1 unspecified atom stereocenters. The van der Waals surface area contributed by atoms with Crippen LogP contribution in [0.15, 0.2) is 76.4 Å². The van der Waals surface area contributed by atoms with E-state index < -0.39 is 22.5 Å². The number of aromatic nitrogens is 1. The van der Waals surface area contributed by atoms with Crippen LogP contribution in [0.4, 0.5) is 13.2 Å². The molecule has 4 rings (SSSR count). The van der Waals surface area contributed by atoms with Crippen molar-refractivity contribution in [1.82, 2.24) is 4.98 Å². The molecule has 4 aromatic rings. The third kappa shape index (κ3) is 4.24. The largest absolute Gasteiger partial charge is 0.430 e. The predicted molar refractivity (Wildman–Crippen MR) is 106 cm³/mol. The molecule has 7 heteroatoms. The maximum Gasteiger partial charge on any atom is 0.416 e. The first-order valence-electron chi connectivity index (χ1n) is 8.82. The molecule has 0 spiro atoms. The topological polar surface area (TPSA) is 43.1 Å². The number of rotatable bonds is 4. The van der Waals surface area contributed by atoms with Crippen LogP contribution in [-0.2, 0) is 22.7 Å². The number of fused-ring (bicyclic) bond motifs is 1. The third-order valence-corrected chi connectivity index (χ3v) is 5.69. The van der Waals surface area contributed by atoms with E-state index in [2.05, 4.69) is 4.98 Å². The molecule has 0 aliphatic rings. The molecule has 1 aromatic heterocycles. The van der Waals surface area contributed by atoms with E-state index in [4.69, 9.17) is 4.42 Å². The highest BCUT2D eigenvalue weighted by atomic mass is 32.2. The van der Waals surface area contributed by atoms with Crippen LogP contribution in [0, 0.1) is 6.92 Å². The zero-order valence-electron chi connectivity index (χ0n) is 15.4. The quantitative estimate of drug-likeness (QED) is 0.403. The molecular weight excluding hydrogens is 399 g/mol. The molecule has 0 aliphatic carbocycles.